The monoisotopic (exact) mass is 690 g/mol. The van der Waals surface area contributed by atoms with Gasteiger partial charge in [0.2, 0.25) is 0 Å². The van der Waals surface area contributed by atoms with Gasteiger partial charge in [0.25, 0.3) is 5.56 Å². The lowest BCUT2D eigenvalue weighted by Crippen LogP contribution is -2.39. The molecule has 1 atom stereocenters. The van der Waals surface area contributed by atoms with E-state index in [1.54, 1.807) is 44.2 Å². The van der Waals surface area contributed by atoms with Gasteiger partial charge in [-0.1, -0.05) is 23.5 Å². The predicted molar refractivity (Wildman–Crippen MR) is 140 cm³/mol. The number of hydrogen-bond donors (Lipinski definition) is 1. The number of allylic oxidation sites excluding steroid dienone is 1. The summed E-state index contributed by atoms with van der Waals surface area (Å²) in [5.74, 6) is -0.785. The molecule has 1 N–H and O–H groups in total. The number of nitrogens with zero attached hydrogens (tertiary/aromatic N) is 2. The number of carbonyl (C=O) groups excluding carboxylic acids is 1. The largest absolute Gasteiger partial charge is 0.506 e. The van der Waals surface area contributed by atoms with Crippen LogP contribution in [0.25, 0.3) is 6.08 Å². The van der Waals surface area contributed by atoms with Gasteiger partial charge in [0, 0.05) is 0 Å². The van der Waals surface area contributed by atoms with Gasteiger partial charge in [-0.05, 0) is 100 Å². The molecule has 0 fully saturated rings. The first-order chi connectivity index (χ1) is 15.7. The molecule has 6 nitrogen and oxygen atoms in total. The summed E-state index contributed by atoms with van der Waals surface area (Å²) in [5, 5.41) is 10.0. The fourth-order valence-corrected chi connectivity index (χ4v) is 6.43. The van der Waals surface area contributed by atoms with E-state index in [0.29, 0.717) is 27.7 Å². The molecule has 33 heavy (non-hydrogen) atoms. The van der Waals surface area contributed by atoms with Gasteiger partial charge in [-0.2, -0.15) is 0 Å². The van der Waals surface area contributed by atoms with E-state index in [9.17, 15) is 19.1 Å². The number of aromatic hydroxyl groups is 1. The predicted octanol–water partition coefficient (Wildman–Crippen LogP) is 3.85. The van der Waals surface area contributed by atoms with E-state index in [4.69, 9.17) is 4.74 Å². The first-order valence-corrected chi connectivity index (χ1v) is 12.8. The number of hydrogen-bond acceptors (Lipinski definition) is 6. The molecule has 0 bridgehead atoms. The highest BCUT2D eigenvalue weighted by molar-refractivity contribution is 14.1. The molecule has 1 aliphatic heterocycles. The molecule has 0 amide bonds. The standard InChI is InChI=1S/C23H17FI2N2O4S/c1-3-32-22(31)18-11(2)27-23-28(19(18)13-4-6-14(24)7-5-13)21(30)17(33-23)10-12-8-15(25)20(29)16(26)9-12/h4-10,19,29H,3H2,1-2H3/b17-10-/t19-/m0/s1. The Morgan fingerprint density at radius 3 is 2.52 bits per heavy atom. The maximum absolute atomic E-state index is 13.6. The minimum Gasteiger partial charge on any atom is -0.506 e. The van der Waals surface area contributed by atoms with Crippen molar-refractivity contribution in [3.63, 3.8) is 0 Å². The Kier molecular flexibility index (Phi) is 7.05. The molecule has 4 rings (SSSR count). The molecule has 170 valence electrons. The van der Waals surface area contributed by atoms with Crippen LogP contribution >= 0.6 is 56.5 Å². The Labute approximate surface area is 219 Å². The van der Waals surface area contributed by atoms with Crippen LogP contribution in [0.15, 0.2) is 57.5 Å². The third kappa shape index (κ3) is 4.64. The summed E-state index contributed by atoms with van der Waals surface area (Å²) in [4.78, 5) is 31.3. The van der Waals surface area contributed by atoms with Gasteiger partial charge in [-0.25, -0.2) is 14.2 Å². The van der Waals surface area contributed by atoms with E-state index >= 15 is 0 Å². The number of rotatable bonds is 4. The zero-order valence-corrected chi connectivity index (χ0v) is 22.6. The Hall–Kier alpha value is -2.06. The summed E-state index contributed by atoms with van der Waals surface area (Å²) in [6.45, 7) is 3.58. The van der Waals surface area contributed by atoms with Crippen LogP contribution in [0, 0.1) is 13.0 Å². The van der Waals surface area contributed by atoms with Crippen molar-refractivity contribution in [3.05, 3.63) is 91.4 Å². The van der Waals surface area contributed by atoms with E-state index in [1.807, 2.05) is 45.2 Å². The zero-order chi connectivity index (χ0) is 23.9. The normalized spacial score (nSPS) is 15.9. The molecular weight excluding hydrogens is 673 g/mol. The van der Waals surface area contributed by atoms with Gasteiger partial charge in [0.15, 0.2) is 4.80 Å². The van der Waals surface area contributed by atoms with Crippen LogP contribution in [0.5, 0.6) is 5.75 Å². The van der Waals surface area contributed by atoms with Crippen LogP contribution in [-0.4, -0.2) is 22.2 Å². The number of aromatic nitrogens is 1. The maximum atomic E-state index is 13.6. The van der Waals surface area contributed by atoms with Crippen molar-refractivity contribution in [1.29, 1.82) is 0 Å². The van der Waals surface area contributed by atoms with Gasteiger partial charge < -0.3 is 9.84 Å². The molecule has 0 saturated carbocycles. The molecule has 2 heterocycles. The van der Waals surface area contributed by atoms with Crippen LogP contribution in [-0.2, 0) is 9.53 Å². The van der Waals surface area contributed by atoms with Gasteiger partial charge in [0.05, 0.1) is 35.6 Å². The highest BCUT2D eigenvalue weighted by Crippen LogP contribution is 2.31. The van der Waals surface area contributed by atoms with Crippen molar-refractivity contribution >= 4 is 68.6 Å². The Balaban J connectivity index is 1.96. The summed E-state index contributed by atoms with van der Waals surface area (Å²) in [6, 6.07) is 8.47. The summed E-state index contributed by atoms with van der Waals surface area (Å²) < 4.78 is 22.1. The summed E-state index contributed by atoms with van der Waals surface area (Å²) in [5.41, 5.74) is 1.71. The van der Waals surface area contributed by atoms with E-state index in [0.717, 1.165) is 5.56 Å². The molecule has 1 aliphatic rings. The second kappa shape index (κ2) is 9.66. The topological polar surface area (TPSA) is 80.9 Å². The molecule has 0 radical (unpaired) electrons. The van der Waals surface area contributed by atoms with E-state index in [-0.39, 0.29) is 23.5 Å². The number of esters is 1. The van der Waals surface area contributed by atoms with Gasteiger partial charge in [-0.3, -0.25) is 9.36 Å². The van der Waals surface area contributed by atoms with Gasteiger partial charge >= 0.3 is 5.97 Å². The number of ether oxygens (including phenoxy) is 1. The lowest BCUT2D eigenvalue weighted by molar-refractivity contribution is -0.139. The third-order valence-electron chi connectivity index (χ3n) is 5.04. The molecule has 0 aliphatic carbocycles. The lowest BCUT2D eigenvalue weighted by atomic mass is 9.96. The first-order valence-electron chi connectivity index (χ1n) is 9.84. The van der Waals surface area contributed by atoms with Crippen LogP contribution in [0.2, 0.25) is 0 Å². The zero-order valence-electron chi connectivity index (χ0n) is 17.4. The highest BCUT2D eigenvalue weighted by atomic mass is 127. The number of benzene rings is 2. The smallest absolute Gasteiger partial charge is 0.338 e. The molecule has 0 spiro atoms. The Bertz CT molecular complexity index is 1450. The van der Waals surface area contributed by atoms with Crippen molar-refractivity contribution in [2.24, 2.45) is 4.99 Å². The van der Waals surface area contributed by atoms with Crippen LogP contribution in [0.1, 0.15) is 31.0 Å². The molecule has 0 unspecified atom stereocenters. The van der Waals surface area contributed by atoms with E-state index in [1.165, 1.54) is 28.0 Å². The molecule has 0 saturated heterocycles. The van der Waals surface area contributed by atoms with Crippen molar-refractivity contribution in [2.75, 3.05) is 6.61 Å². The molecule has 2 aromatic carbocycles. The minimum absolute atomic E-state index is 0.175. The average molecular weight is 690 g/mol. The van der Waals surface area contributed by atoms with Gasteiger partial charge in [0.1, 0.15) is 11.6 Å². The van der Waals surface area contributed by atoms with Crippen molar-refractivity contribution in [2.45, 2.75) is 19.9 Å². The molecule has 10 heteroatoms. The molecule has 3 aromatic rings. The molecular formula is C23H17FI2N2O4S. The summed E-state index contributed by atoms with van der Waals surface area (Å²) >= 11 is 5.28. The number of carbonyl (C=O) groups is 1. The summed E-state index contributed by atoms with van der Waals surface area (Å²) in [7, 11) is 0. The summed E-state index contributed by atoms with van der Waals surface area (Å²) in [6.07, 6.45) is 1.73. The number of halogens is 3. The Morgan fingerprint density at radius 1 is 1.27 bits per heavy atom. The van der Waals surface area contributed by atoms with Crippen molar-refractivity contribution in [3.8, 4) is 5.75 Å². The fraction of sp³-hybridized carbons (Fsp3) is 0.174. The van der Waals surface area contributed by atoms with E-state index in [2.05, 4.69) is 4.99 Å². The second-order valence-electron chi connectivity index (χ2n) is 7.19. The average Bonchev–Trinajstić information content (AvgIpc) is 3.06. The third-order valence-corrected chi connectivity index (χ3v) is 7.67. The van der Waals surface area contributed by atoms with Crippen molar-refractivity contribution in [1.82, 2.24) is 4.57 Å². The minimum atomic E-state index is -0.789. The van der Waals surface area contributed by atoms with Crippen LogP contribution < -0.4 is 14.9 Å². The molecule has 1 aromatic heterocycles. The number of phenolic OH excluding ortho intramolecular Hbond substituents is 1. The van der Waals surface area contributed by atoms with Gasteiger partial charge in [-0.15, -0.1) is 0 Å². The Morgan fingerprint density at radius 2 is 1.91 bits per heavy atom. The lowest BCUT2D eigenvalue weighted by Gasteiger charge is -2.24. The number of thiazole rings is 1. The maximum Gasteiger partial charge on any atom is 0.338 e. The quantitative estimate of drug-likeness (QED) is 0.334. The second-order valence-corrected chi connectivity index (χ2v) is 10.5. The van der Waals surface area contributed by atoms with Crippen molar-refractivity contribution < 1.29 is 19.0 Å². The first kappa shape index (κ1) is 24.1. The highest BCUT2D eigenvalue weighted by Gasteiger charge is 2.33. The SMILES string of the molecule is CCOC(=O)C1=C(C)N=c2s/c(=C\c3cc(I)c(O)c(I)c3)c(=O)n2[C@H]1c1ccc(F)cc1. The van der Waals surface area contributed by atoms with Crippen LogP contribution in [0.4, 0.5) is 4.39 Å². The number of fused-ring (bicyclic) bond motifs is 1. The fourth-order valence-electron chi connectivity index (χ4n) is 3.57. The number of phenols is 1. The van der Waals surface area contributed by atoms with Crippen LogP contribution in [0.3, 0.4) is 0 Å². The van der Waals surface area contributed by atoms with E-state index < -0.39 is 17.8 Å².